The van der Waals surface area contributed by atoms with Gasteiger partial charge in [0, 0.05) is 37.5 Å². The summed E-state index contributed by atoms with van der Waals surface area (Å²) in [4.78, 5) is 26.1. The van der Waals surface area contributed by atoms with E-state index in [-0.39, 0.29) is 17.9 Å². The minimum absolute atomic E-state index is 0.0165. The predicted molar refractivity (Wildman–Crippen MR) is 98.5 cm³/mol. The quantitative estimate of drug-likeness (QED) is 0.725. The first-order chi connectivity index (χ1) is 12.3. The summed E-state index contributed by atoms with van der Waals surface area (Å²) in [5.41, 5.74) is 0.870. The van der Waals surface area contributed by atoms with Crippen molar-refractivity contribution in [2.75, 3.05) is 37.8 Å². The van der Waals surface area contributed by atoms with Gasteiger partial charge in [-0.25, -0.2) is 8.42 Å². The highest BCUT2D eigenvalue weighted by atomic mass is 32.2. The van der Waals surface area contributed by atoms with Crippen molar-refractivity contribution >= 4 is 27.5 Å². The summed E-state index contributed by atoms with van der Waals surface area (Å²) in [5, 5.41) is 2.97. The van der Waals surface area contributed by atoms with E-state index in [1.165, 1.54) is 0 Å². The fraction of sp³-hybridized carbons (Fsp3) is 0.529. The van der Waals surface area contributed by atoms with E-state index >= 15 is 0 Å². The highest BCUT2D eigenvalue weighted by molar-refractivity contribution is 7.92. The van der Waals surface area contributed by atoms with Crippen LogP contribution >= 0.6 is 0 Å². The van der Waals surface area contributed by atoms with Crippen molar-refractivity contribution in [1.29, 1.82) is 0 Å². The van der Waals surface area contributed by atoms with Crippen molar-refractivity contribution in [3.63, 3.8) is 0 Å². The van der Waals surface area contributed by atoms with Gasteiger partial charge in [-0.2, -0.15) is 0 Å². The fourth-order valence-corrected chi connectivity index (χ4v) is 3.36. The smallest absolute Gasteiger partial charge is 0.251 e. The zero-order valence-electron chi connectivity index (χ0n) is 15.0. The Morgan fingerprint density at radius 1 is 1.19 bits per heavy atom. The molecule has 1 aromatic rings. The lowest BCUT2D eigenvalue weighted by Crippen LogP contribution is -2.46. The maximum Gasteiger partial charge on any atom is 0.251 e. The SMILES string of the molecule is COCCC(=O)N1CCC(NC(=O)c2ccc(NS(C)(=O)=O)cc2)CC1. The molecule has 2 N–H and O–H groups in total. The Kier molecular flexibility index (Phi) is 6.98. The lowest BCUT2D eigenvalue weighted by Gasteiger charge is -2.32. The summed E-state index contributed by atoms with van der Waals surface area (Å²) < 4.78 is 29.7. The summed E-state index contributed by atoms with van der Waals surface area (Å²) in [6.07, 6.45) is 2.86. The van der Waals surface area contributed by atoms with Crippen LogP contribution in [0, 0.1) is 0 Å². The number of hydrogen-bond acceptors (Lipinski definition) is 5. The third kappa shape index (κ3) is 6.30. The van der Waals surface area contributed by atoms with Gasteiger partial charge in [0.2, 0.25) is 15.9 Å². The molecule has 0 aromatic heterocycles. The number of benzene rings is 1. The largest absolute Gasteiger partial charge is 0.384 e. The molecular formula is C17H25N3O5S. The molecule has 0 spiro atoms. The lowest BCUT2D eigenvalue weighted by atomic mass is 10.0. The molecule has 0 atom stereocenters. The first-order valence-corrected chi connectivity index (χ1v) is 10.3. The van der Waals surface area contributed by atoms with E-state index in [2.05, 4.69) is 10.0 Å². The molecule has 0 saturated carbocycles. The highest BCUT2D eigenvalue weighted by Gasteiger charge is 2.23. The summed E-state index contributed by atoms with van der Waals surface area (Å²) in [5.74, 6) is -0.134. The second-order valence-electron chi connectivity index (χ2n) is 6.32. The number of methoxy groups -OCH3 is 1. The van der Waals surface area contributed by atoms with Crippen LogP contribution in [0.1, 0.15) is 29.6 Å². The second kappa shape index (κ2) is 9.00. The Morgan fingerprint density at radius 2 is 1.81 bits per heavy atom. The molecule has 0 radical (unpaired) electrons. The van der Waals surface area contributed by atoms with Crippen molar-refractivity contribution < 1.29 is 22.7 Å². The Morgan fingerprint density at radius 3 is 2.35 bits per heavy atom. The van der Waals surface area contributed by atoms with Gasteiger partial charge in [0.25, 0.3) is 5.91 Å². The van der Waals surface area contributed by atoms with Crippen LogP contribution in [-0.2, 0) is 19.6 Å². The molecule has 144 valence electrons. The third-order valence-corrected chi connectivity index (χ3v) is 4.76. The van der Waals surface area contributed by atoms with E-state index in [0.717, 1.165) is 6.26 Å². The van der Waals surface area contributed by atoms with E-state index in [0.29, 0.717) is 50.2 Å². The number of piperidine rings is 1. The molecule has 1 saturated heterocycles. The summed E-state index contributed by atoms with van der Waals surface area (Å²) in [6.45, 7) is 1.65. The number of ether oxygens (including phenoxy) is 1. The van der Waals surface area contributed by atoms with Crippen LogP contribution in [-0.4, -0.2) is 64.2 Å². The number of nitrogens with one attached hydrogen (secondary N) is 2. The molecule has 2 rings (SSSR count). The van der Waals surface area contributed by atoms with Crippen molar-refractivity contribution in [1.82, 2.24) is 10.2 Å². The average molecular weight is 383 g/mol. The Balaban J connectivity index is 1.82. The van der Waals surface area contributed by atoms with Gasteiger partial charge in [-0.1, -0.05) is 0 Å². The van der Waals surface area contributed by atoms with E-state index in [9.17, 15) is 18.0 Å². The Hall–Kier alpha value is -2.13. The number of amides is 2. The topological polar surface area (TPSA) is 105 Å². The molecule has 0 aliphatic carbocycles. The van der Waals surface area contributed by atoms with Gasteiger partial charge in [-0.15, -0.1) is 0 Å². The standard InChI is InChI=1S/C17H25N3O5S/c1-25-12-9-16(21)20-10-7-14(8-11-20)18-17(22)13-3-5-15(6-4-13)19-26(2,23)24/h3-6,14,19H,7-12H2,1-2H3,(H,18,22). The van der Waals surface area contributed by atoms with Crippen LogP contribution in [0.3, 0.4) is 0 Å². The average Bonchev–Trinajstić information content (AvgIpc) is 2.59. The number of carbonyl (C=O) groups excluding carboxylic acids is 2. The molecule has 1 aliphatic heterocycles. The van der Waals surface area contributed by atoms with E-state index in [4.69, 9.17) is 4.74 Å². The maximum atomic E-state index is 12.3. The summed E-state index contributed by atoms with van der Waals surface area (Å²) >= 11 is 0. The van der Waals surface area contributed by atoms with Gasteiger partial charge in [0.15, 0.2) is 0 Å². The van der Waals surface area contributed by atoms with Crippen LogP contribution in [0.25, 0.3) is 0 Å². The molecule has 1 fully saturated rings. The maximum absolute atomic E-state index is 12.3. The zero-order valence-corrected chi connectivity index (χ0v) is 15.8. The normalized spacial score (nSPS) is 15.5. The van der Waals surface area contributed by atoms with Crippen LogP contribution in [0.2, 0.25) is 0 Å². The minimum atomic E-state index is -3.34. The molecule has 2 amide bonds. The Labute approximate surface area is 153 Å². The van der Waals surface area contributed by atoms with Gasteiger partial charge in [-0.3, -0.25) is 14.3 Å². The fourth-order valence-electron chi connectivity index (χ4n) is 2.79. The minimum Gasteiger partial charge on any atom is -0.384 e. The van der Waals surface area contributed by atoms with Crippen LogP contribution < -0.4 is 10.0 Å². The monoisotopic (exact) mass is 383 g/mol. The summed E-state index contributed by atoms with van der Waals surface area (Å²) in [7, 11) is -1.77. The molecule has 1 aliphatic rings. The van der Waals surface area contributed by atoms with E-state index in [1.54, 1.807) is 36.3 Å². The first kappa shape index (κ1) is 20.2. The summed E-state index contributed by atoms with van der Waals surface area (Å²) in [6, 6.07) is 6.27. The number of likely N-dealkylation sites (tertiary alicyclic amines) is 1. The third-order valence-electron chi connectivity index (χ3n) is 4.15. The number of nitrogens with zero attached hydrogens (tertiary/aromatic N) is 1. The number of rotatable bonds is 7. The molecular weight excluding hydrogens is 358 g/mol. The molecule has 8 nitrogen and oxygen atoms in total. The number of anilines is 1. The van der Waals surface area contributed by atoms with Crippen LogP contribution in [0.5, 0.6) is 0 Å². The van der Waals surface area contributed by atoms with Crippen LogP contribution in [0.4, 0.5) is 5.69 Å². The van der Waals surface area contributed by atoms with Crippen molar-refractivity contribution in [3.05, 3.63) is 29.8 Å². The van der Waals surface area contributed by atoms with Gasteiger partial charge in [0.1, 0.15) is 0 Å². The number of hydrogen-bond donors (Lipinski definition) is 2. The van der Waals surface area contributed by atoms with E-state index < -0.39 is 10.0 Å². The lowest BCUT2D eigenvalue weighted by molar-refractivity contribution is -0.133. The van der Waals surface area contributed by atoms with Crippen molar-refractivity contribution in [3.8, 4) is 0 Å². The number of carbonyl (C=O) groups is 2. The predicted octanol–water partition coefficient (Wildman–Crippen LogP) is 0.815. The Bertz CT molecular complexity index is 725. The zero-order chi connectivity index (χ0) is 19.2. The van der Waals surface area contributed by atoms with E-state index in [1.807, 2.05) is 0 Å². The second-order valence-corrected chi connectivity index (χ2v) is 8.07. The molecule has 26 heavy (non-hydrogen) atoms. The van der Waals surface area contributed by atoms with Crippen LogP contribution in [0.15, 0.2) is 24.3 Å². The first-order valence-electron chi connectivity index (χ1n) is 8.44. The molecule has 1 aromatic carbocycles. The van der Waals surface area contributed by atoms with Gasteiger partial charge >= 0.3 is 0 Å². The van der Waals surface area contributed by atoms with Gasteiger partial charge < -0.3 is 15.0 Å². The van der Waals surface area contributed by atoms with Gasteiger partial charge in [0.05, 0.1) is 19.3 Å². The van der Waals surface area contributed by atoms with Crippen molar-refractivity contribution in [2.24, 2.45) is 0 Å². The molecule has 0 unspecified atom stereocenters. The molecule has 9 heteroatoms. The number of sulfonamides is 1. The molecule has 0 bridgehead atoms. The molecule has 1 heterocycles. The van der Waals surface area contributed by atoms with Crippen molar-refractivity contribution in [2.45, 2.75) is 25.3 Å². The van der Waals surface area contributed by atoms with Gasteiger partial charge in [-0.05, 0) is 37.1 Å². The highest BCUT2D eigenvalue weighted by Crippen LogP contribution is 2.14.